The third kappa shape index (κ3) is 7.76. The van der Waals surface area contributed by atoms with Gasteiger partial charge in [0.15, 0.2) is 21.5 Å². The number of nitrogens with one attached hydrogen (secondary N) is 2. The van der Waals surface area contributed by atoms with Crippen LogP contribution in [0.2, 0.25) is 0 Å². The highest BCUT2D eigenvalue weighted by Crippen LogP contribution is 2.23. The second kappa shape index (κ2) is 11.3. The maximum atomic E-state index is 13.4. The van der Waals surface area contributed by atoms with Crippen molar-refractivity contribution >= 4 is 21.7 Å². The molecule has 0 aliphatic rings. The van der Waals surface area contributed by atoms with Crippen molar-refractivity contribution in [2.45, 2.75) is 18.4 Å². The molecule has 0 bridgehead atoms. The zero-order valence-corrected chi connectivity index (χ0v) is 17.5. The van der Waals surface area contributed by atoms with Gasteiger partial charge < -0.3 is 15.4 Å². The van der Waals surface area contributed by atoms with E-state index in [-0.39, 0.29) is 16.9 Å². The van der Waals surface area contributed by atoms with E-state index in [9.17, 15) is 35.6 Å². The molecule has 176 valence electrons. The summed E-state index contributed by atoms with van der Waals surface area (Å²) in [6, 6.07) is 7.15. The summed E-state index contributed by atoms with van der Waals surface area (Å²) in [5.74, 6) is -6.84. The van der Waals surface area contributed by atoms with Gasteiger partial charge in [-0.3, -0.25) is 9.59 Å². The van der Waals surface area contributed by atoms with E-state index in [1.165, 1.54) is 18.2 Å². The standard InChI is InChI=1S/C20H17F4N3O5S/c21-14-6-5-12(9-15(14)22)18(28)27-16(19(29)26-8-7-25)11-33(30,31)10-13-3-1-2-4-17(13)32-20(23)24/h1-6,9,16,20H,8,10-11H2,(H,26,29)(H,27,28). The van der Waals surface area contributed by atoms with Crippen molar-refractivity contribution in [1.29, 1.82) is 5.26 Å². The first-order valence-corrected chi connectivity index (χ1v) is 11.0. The second-order valence-electron chi connectivity index (χ2n) is 6.57. The van der Waals surface area contributed by atoms with E-state index in [0.717, 1.165) is 12.1 Å². The van der Waals surface area contributed by atoms with Crippen LogP contribution in [-0.2, 0) is 20.4 Å². The fourth-order valence-electron chi connectivity index (χ4n) is 2.70. The van der Waals surface area contributed by atoms with Crippen molar-refractivity contribution in [3.63, 3.8) is 0 Å². The molecule has 2 N–H and O–H groups in total. The quantitative estimate of drug-likeness (QED) is 0.390. The molecule has 2 aromatic carbocycles. The number of nitrogens with zero attached hydrogens (tertiary/aromatic N) is 1. The number of ether oxygens (including phenoxy) is 1. The van der Waals surface area contributed by atoms with Gasteiger partial charge in [0.25, 0.3) is 5.91 Å². The lowest BCUT2D eigenvalue weighted by atomic mass is 10.2. The van der Waals surface area contributed by atoms with Crippen LogP contribution in [0.15, 0.2) is 42.5 Å². The summed E-state index contributed by atoms with van der Waals surface area (Å²) in [5, 5.41) is 12.8. The third-order valence-electron chi connectivity index (χ3n) is 4.13. The summed E-state index contributed by atoms with van der Waals surface area (Å²) in [6.45, 7) is -3.70. The Bertz CT molecular complexity index is 1170. The minimum absolute atomic E-state index is 0.110. The Morgan fingerprint density at radius 3 is 2.42 bits per heavy atom. The molecule has 1 atom stereocenters. The van der Waals surface area contributed by atoms with Gasteiger partial charge >= 0.3 is 6.61 Å². The van der Waals surface area contributed by atoms with Gasteiger partial charge in [-0.05, 0) is 24.3 Å². The Hall–Kier alpha value is -3.66. The van der Waals surface area contributed by atoms with Crippen LogP contribution in [0.4, 0.5) is 17.6 Å². The van der Waals surface area contributed by atoms with Crippen molar-refractivity contribution in [2.24, 2.45) is 0 Å². The predicted molar refractivity (Wildman–Crippen MR) is 107 cm³/mol. The summed E-state index contributed by atoms with van der Waals surface area (Å²) >= 11 is 0. The number of carbonyl (C=O) groups is 2. The highest BCUT2D eigenvalue weighted by Gasteiger charge is 2.29. The van der Waals surface area contributed by atoms with Crippen molar-refractivity contribution in [3.05, 3.63) is 65.2 Å². The fraction of sp³-hybridized carbons (Fsp3) is 0.250. The van der Waals surface area contributed by atoms with Crippen LogP contribution in [-0.4, -0.2) is 45.2 Å². The topological polar surface area (TPSA) is 125 Å². The Morgan fingerprint density at radius 2 is 1.79 bits per heavy atom. The molecule has 2 rings (SSSR count). The molecule has 0 fully saturated rings. The molecular weight excluding hydrogens is 470 g/mol. The highest BCUT2D eigenvalue weighted by atomic mass is 32.2. The highest BCUT2D eigenvalue weighted by molar-refractivity contribution is 7.90. The summed E-state index contributed by atoms with van der Waals surface area (Å²) in [4.78, 5) is 24.7. The lowest BCUT2D eigenvalue weighted by Crippen LogP contribution is -2.50. The average molecular weight is 487 g/mol. The van der Waals surface area contributed by atoms with E-state index >= 15 is 0 Å². The van der Waals surface area contributed by atoms with Gasteiger partial charge in [0.2, 0.25) is 5.91 Å². The van der Waals surface area contributed by atoms with Crippen LogP contribution < -0.4 is 15.4 Å². The van der Waals surface area contributed by atoms with Gasteiger partial charge in [-0.1, -0.05) is 18.2 Å². The Kier molecular flexibility index (Phi) is 8.75. The van der Waals surface area contributed by atoms with Gasteiger partial charge in [-0.2, -0.15) is 14.0 Å². The SMILES string of the molecule is N#CCNC(=O)C(CS(=O)(=O)Cc1ccccc1OC(F)F)NC(=O)c1ccc(F)c(F)c1. The Balaban J connectivity index is 2.25. The molecule has 13 heteroatoms. The number of carbonyl (C=O) groups excluding carboxylic acids is 2. The molecule has 33 heavy (non-hydrogen) atoms. The molecule has 0 radical (unpaired) electrons. The van der Waals surface area contributed by atoms with Crippen LogP contribution in [0.5, 0.6) is 5.75 Å². The molecule has 0 spiro atoms. The largest absolute Gasteiger partial charge is 0.435 e. The van der Waals surface area contributed by atoms with E-state index in [0.29, 0.717) is 12.1 Å². The van der Waals surface area contributed by atoms with Crippen LogP contribution in [0.3, 0.4) is 0 Å². The van der Waals surface area contributed by atoms with E-state index in [1.807, 2.05) is 0 Å². The first-order valence-electron chi connectivity index (χ1n) is 9.16. The molecule has 0 aliphatic heterocycles. The molecule has 0 saturated heterocycles. The minimum Gasteiger partial charge on any atom is -0.435 e. The van der Waals surface area contributed by atoms with Crippen molar-refractivity contribution in [2.75, 3.05) is 12.3 Å². The smallest absolute Gasteiger partial charge is 0.387 e. The molecule has 8 nitrogen and oxygen atoms in total. The van der Waals surface area contributed by atoms with E-state index in [1.54, 1.807) is 6.07 Å². The number of hydrogen-bond acceptors (Lipinski definition) is 6. The Labute approximate surface area is 186 Å². The maximum absolute atomic E-state index is 13.4. The number of benzene rings is 2. The number of hydrogen-bond donors (Lipinski definition) is 2. The molecule has 0 saturated carbocycles. The number of para-hydroxylation sites is 1. The fourth-order valence-corrected chi connectivity index (χ4v) is 4.27. The normalized spacial score (nSPS) is 12.0. The zero-order chi connectivity index (χ0) is 24.6. The van der Waals surface area contributed by atoms with E-state index in [2.05, 4.69) is 15.4 Å². The predicted octanol–water partition coefficient (Wildman–Crippen LogP) is 1.92. The summed E-state index contributed by atoms with van der Waals surface area (Å²) in [6.07, 6.45) is 0. The first-order chi connectivity index (χ1) is 15.5. The summed E-state index contributed by atoms with van der Waals surface area (Å²) in [5.41, 5.74) is -0.499. The Morgan fingerprint density at radius 1 is 1.09 bits per heavy atom. The second-order valence-corrected chi connectivity index (χ2v) is 8.68. The molecule has 2 amide bonds. The van der Waals surface area contributed by atoms with Crippen molar-refractivity contribution < 1.29 is 40.3 Å². The van der Waals surface area contributed by atoms with Crippen LogP contribution >= 0.6 is 0 Å². The van der Waals surface area contributed by atoms with Gasteiger partial charge in [0.05, 0.1) is 17.6 Å². The van der Waals surface area contributed by atoms with Crippen molar-refractivity contribution in [3.8, 4) is 11.8 Å². The van der Waals surface area contributed by atoms with Crippen LogP contribution in [0, 0.1) is 23.0 Å². The molecular formula is C20H17F4N3O5S. The number of sulfone groups is 1. The number of halogens is 4. The third-order valence-corrected chi connectivity index (χ3v) is 5.72. The summed E-state index contributed by atoms with van der Waals surface area (Å²) < 4.78 is 81.3. The van der Waals surface area contributed by atoms with Gasteiger partial charge in [0, 0.05) is 11.1 Å². The average Bonchev–Trinajstić information content (AvgIpc) is 2.74. The molecule has 0 heterocycles. The first kappa shape index (κ1) is 25.6. The van der Waals surface area contributed by atoms with Crippen LogP contribution in [0.1, 0.15) is 15.9 Å². The van der Waals surface area contributed by atoms with Gasteiger partial charge in [-0.15, -0.1) is 0 Å². The van der Waals surface area contributed by atoms with Gasteiger partial charge in [0.1, 0.15) is 18.3 Å². The van der Waals surface area contributed by atoms with E-state index < -0.39 is 64.0 Å². The molecule has 2 aromatic rings. The monoisotopic (exact) mass is 487 g/mol. The lowest BCUT2D eigenvalue weighted by molar-refractivity contribution is -0.122. The van der Waals surface area contributed by atoms with Crippen molar-refractivity contribution in [1.82, 2.24) is 10.6 Å². The maximum Gasteiger partial charge on any atom is 0.387 e. The van der Waals surface area contributed by atoms with Crippen LogP contribution in [0.25, 0.3) is 0 Å². The molecule has 0 aromatic heterocycles. The van der Waals surface area contributed by atoms with Gasteiger partial charge in [-0.25, -0.2) is 17.2 Å². The molecule has 0 aliphatic carbocycles. The molecule has 1 unspecified atom stereocenters. The number of amides is 2. The zero-order valence-electron chi connectivity index (χ0n) is 16.7. The minimum atomic E-state index is -4.22. The number of alkyl halides is 2. The van der Waals surface area contributed by atoms with E-state index in [4.69, 9.17) is 5.26 Å². The number of rotatable bonds is 10. The lowest BCUT2D eigenvalue weighted by Gasteiger charge is -2.18. The number of nitriles is 1. The summed E-state index contributed by atoms with van der Waals surface area (Å²) in [7, 11) is -4.22.